The number of hydrogen-bond donors (Lipinski definition) is 1. The van der Waals surface area contributed by atoms with Crippen LogP contribution in [0.1, 0.15) is 11.3 Å². The number of benzene rings is 1. The first kappa shape index (κ1) is 13.1. The number of nitriles is 1. The van der Waals surface area contributed by atoms with Crippen molar-refractivity contribution in [3.8, 4) is 6.07 Å². The predicted molar refractivity (Wildman–Crippen MR) is 67.2 cm³/mol. The Morgan fingerprint density at radius 2 is 2.16 bits per heavy atom. The van der Waals surface area contributed by atoms with Crippen LogP contribution in [0.2, 0.25) is 0 Å². The highest BCUT2D eigenvalue weighted by Gasteiger charge is 2.14. The second-order valence-corrected chi connectivity index (χ2v) is 5.43. The van der Waals surface area contributed by atoms with Crippen molar-refractivity contribution in [3.05, 3.63) is 54.1 Å². The average molecular weight is 274 g/mol. The maximum absolute atomic E-state index is 12.0. The van der Waals surface area contributed by atoms with Gasteiger partial charge in [0.25, 0.3) is 0 Å². The van der Waals surface area contributed by atoms with Gasteiger partial charge in [-0.1, -0.05) is 6.07 Å². The molecule has 0 bridgehead atoms. The van der Waals surface area contributed by atoms with Crippen LogP contribution in [0.25, 0.3) is 0 Å². The molecule has 1 heterocycles. The molecule has 2 aromatic rings. The molecule has 0 aliphatic rings. The van der Waals surface area contributed by atoms with Gasteiger partial charge in [-0.15, -0.1) is 0 Å². The van der Waals surface area contributed by atoms with Crippen molar-refractivity contribution in [1.82, 2.24) is 14.7 Å². The first-order chi connectivity index (χ1) is 9.12. The summed E-state index contributed by atoms with van der Waals surface area (Å²) in [6.07, 6.45) is 2.88. The van der Waals surface area contributed by atoms with E-state index in [1.54, 1.807) is 12.1 Å². The van der Waals surface area contributed by atoms with Gasteiger partial charge in [-0.05, 0) is 24.3 Å². The summed E-state index contributed by atoms with van der Waals surface area (Å²) in [7, 11) is -3.65. The minimum atomic E-state index is -3.65. The Hall–Kier alpha value is -2.30. The van der Waals surface area contributed by atoms with Gasteiger partial charge in [0.1, 0.15) is 6.33 Å². The molecule has 2 rings (SSSR count). The van der Waals surface area contributed by atoms with Crippen LogP contribution in [-0.4, -0.2) is 18.4 Å². The highest BCUT2D eigenvalue weighted by Crippen LogP contribution is 2.11. The Morgan fingerprint density at radius 1 is 1.32 bits per heavy atom. The molecule has 1 aromatic carbocycles. The molecule has 1 N–H and O–H groups in total. The number of nitrogens with one attached hydrogen (secondary N) is 1. The molecular weight excluding hydrogens is 264 g/mol. The Balaban J connectivity index is 2.17. The second-order valence-electron chi connectivity index (χ2n) is 3.66. The summed E-state index contributed by atoms with van der Waals surface area (Å²) < 4.78 is 26.4. The van der Waals surface area contributed by atoms with Gasteiger partial charge < -0.3 is 0 Å². The van der Waals surface area contributed by atoms with E-state index in [4.69, 9.17) is 5.26 Å². The van der Waals surface area contributed by atoms with Gasteiger partial charge in [-0.25, -0.2) is 23.1 Å². The van der Waals surface area contributed by atoms with Gasteiger partial charge >= 0.3 is 0 Å². The second kappa shape index (κ2) is 5.56. The van der Waals surface area contributed by atoms with Crippen molar-refractivity contribution in [1.29, 1.82) is 5.26 Å². The summed E-state index contributed by atoms with van der Waals surface area (Å²) >= 11 is 0. The number of sulfonamides is 1. The van der Waals surface area contributed by atoms with Crippen molar-refractivity contribution >= 4 is 10.0 Å². The third kappa shape index (κ3) is 3.34. The zero-order chi connectivity index (χ0) is 13.7. The van der Waals surface area contributed by atoms with E-state index in [-0.39, 0.29) is 11.4 Å². The zero-order valence-corrected chi connectivity index (χ0v) is 10.6. The standard InChI is InChI=1S/C12H10N4O2S/c13-7-10-2-1-3-12(6-10)19(17,18)16-8-11-4-5-14-9-15-11/h1-6,9,16H,8H2. The maximum atomic E-state index is 12.0. The molecule has 0 fully saturated rings. The van der Waals surface area contributed by atoms with E-state index in [2.05, 4.69) is 14.7 Å². The summed E-state index contributed by atoms with van der Waals surface area (Å²) in [5, 5.41) is 8.75. The lowest BCUT2D eigenvalue weighted by molar-refractivity contribution is 0.580. The lowest BCUT2D eigenvalue weighted by Crippen LogP contribution is -2.23. The van der Waals surface area contributed by atoms with E-state index in [1.165, 1.54) is 30.7 Å². The highest BCUT2D eigenvalue weighted by molar-refractivity contribution is 7.89. The summed E-state index contributed by atoms with van der Waals surface area (Å²) in [4.78, 5) is 7.72. The lowest BCUT2D eigenvalue weighted by Gasteiger charge is -2.06. The molecule has 1 aromatic heterocycles. The fourth-order valence-corrected chi connectivity index (χ4v) is 2.45. The molecule has 0 saturated heterocycles. The predicted octanol–water partition coefficient (Wildman–Crippen LogP) is 0.827. The summed E-state index contributed by atoms with van der Waals surface area (Å²) in [6, 6.07) is 9.35. The summed E-state index contributed by atoms with van der Waals surface area (Å²) in [5.41, 5.74) is 0.861. The van der Waals surface area contributed by atoms with Gasteiger partial charge in [-0.3, -0.25) is 0 Å². The SMILES string of the molecule is N#Cc1cccc(S(=O)(=O)NCc2ccncn2)c1. The van der Waals surface area contributed by atoms with E-state index in [9.17, 15) is 8.42 Å². The monoisotopic (exact) mass is 274 g/mol. The van der Waals surface area contributed by atoms with E-state index in [1.807, 2.05) is 6.07 Å². The van der Waals surface area contributed by atoms with E-state index < -0.39 is 10.0 Å². The first-order valence-electron chi connectivity index (χ1n) is 5.36. The molecule has 0 radical (unpaired) electrons. The third-order valence-electron chi connectivity index (χ3n) is 2.36. The van der Waals surface area contributed by atoms with Crippen LogP contribution < -0.4 is 4.72 Å². The van der Waals surface area contributed by atoms with Crippen LogP contribution in [0, 0.1) is 11.3 Å². The molecule has 0 aliphatic carbocycles. The van der Waals surface area contributed by atoms with Gasteiger partial charge in [0, 0.05) is 6.20 Å². The van der Waals surface area contributed by atoms with E-state index in [0.717, 1.165) is 0 Å². The van der Waals surface area contributed by atoms with Crippen molar-refractivity contribution in [2.45, 2.75) is 11.4 Å². The molecule has 0 unspecified atom stereocenters. The topological polar surface area (TPSA) is 95.7 Å². The molecule has 0 amide bonds. The third-order valence-corrected chi connectivity index (χ3v) is 3.76. The maximum Gasteiger partial charge on any atom is 0.240 e. The average Bonchev–Trinajstić information content (AvgIpc) is 2.46. The Morgan fingerprint density at radius 3 is 2.84 bits per heavy atom. The van der Waals surface area contributed by atoms with Crippen LogP contribution in [0.3, 0.4) is 0 Å². The molecule has 19 heavy (non-hydrogen) atoms. The normalized spacial score (nSPS) is 10.9. The molecule has 0 spiro atoms. The van der Waals surface area contributed by atoms with Crippen molar-refractivity contribution in [2.75, 3.05) is 0 Å². The minimum Gasteiger partial charge on any atom is -0.245 e. The lowest BCUT2D eigenvalue weighted by atomic mass is 10.2. The van der Waals surface area contributed by atoms with E-state index >= 15 is 0 Å². The van der Waals surface area contributed by atoms with Crippen LogP contribution in [0.15, 0.2) is 47.8 Å². The smallest absolute Gasteiger partial charge is 0.240 e. The number of hydrogen-bond acceptors (Lipinski definition) is 5. The minimum absolute atomic E-state index is 0.0561. The summed E-state index contributed by atoms with van der Waals surface area (Å²) in [5.74, 6) is 0. The van der Waals surface area contributed by atoms with Crippen molar-refractivity contribution < 1.29 is 8.42 Å². The van der Waals surface area contributed by atoms with Gasteiger partial charge in [0.05, 0.1) is 28.8 Å². The molecule has 0 atom stereocenters. The molecule has 0 aliphatic heterocycles. The Kier molecular flexibility index (Phi) is 3.85. The number of nitrogens with zero attached hydrogens (tertiary/aromatic N) is 3. The van der Waals surface area contributed by atoms with Gasteiger partial charge in [0.2, 0.25) is 10.0 Å². The number of rotatable bonds is 4. The molecular formula is C12H10N4O2S. The Bertz CT molecular complexity index is 708. The van der Waals surface area contributed by atoms with Crippen LogP contribution in [-0.2, 0) is 16.6 Å². The van der Waals surface area contributed by atoms with Crippen LogP contribution in [0.4, 0.5) is 0 Å². The van der Waals surface area contributed by atoms with E-state index in [0.29, 0.717) is 11.3 Å². The quantitative estimate of drug-likeness (QED) is 0.890. The van der Waals surface area contributed by atoms with Crippen LogP contribution in [0.5, 0.6) is 0 Å². The Labute approximate surface area is 110 Å². The molecule has 7 heteroatoms. The largest absolute Gasteiger partial charge is 0.245 e. The van der Waals surface area contributed by atoms with Gasteiger partial charge in [0.15, 0.2) is 0 Å². The van der Waals surface area contributed by atoms with Crippen molar-refractivity contribution in [2.24, 2.45) is 0 Å². The zero-order valence-electron chi connectivity index (χ0n) is 9.81. The van der Waals surface area contributed by atoms with Crippen molar-refractivity contribution in [3.63, 3.8) is 0 Å². The fourth-order valence-electron chi connectivity index (χ4n) is 1.41. The highest BCUT2D eigenvalue weighted by atomic mass is 32.2. The molecule has 96 valence electrons. The number of aromatic nitrogens is 2. The fraction of sp³-hybridized carbons (Fsp3) is 0.0833. The van der Waals surface area contributed by atoms with Gasteiger partial charge in [-0.2, -0.15) is 5.26 Å². The first-order valence-corrected chi connectivity index (χ1v) is 6.85. The molecule has 0 saturated carbocycles. The summed E-state index contributed by atoms with van der Waals surface area (Å²) in [6.45, 7) is 0.0711. The van der Waals surface area contributed by atoms with Crippen LogP contribution >= 0.6 is 0 Å². The molecule has 6 nitrogen and oxygen atoms in total.